The lowest BCUT2D eigenvalue weighted by atomic mass is 9.87. The van der Waals surface area contributed by atoms with Crippen LogP contribution >= 0.6 is 0 Å². The van der Waals surface area contributed by atoms with Gasteiger partial charge >= 0.3 is 6.01 Å². The number of aliphatic hydroxyl groups is 1. The van der Waals surface area contributed by atoms with Crippen molar-refractivity contribution < 1.29 is 33.3 Å². The number of phenolic OH excluding ortho intramolecular Hbond substituents is 1. The first-order valence-electron chi connectivity index (χ1n) is 18.6. The highest BCUT2D eigenvalue weighted by Gasteiger charge is 2.52. The molecule has 7 rings (SSSR count). The van der Waals surface area contributed by atoms with Crippen molar-refractivity contribution in [3.63, 3.8) is 0 Å². The van der Waals surface area contributed by atoms with Crippen molar-refractivity contribution in [2.75, 3.05) is 44.4 Å². The van der Waals surface area contributed by atoms with E-state index in [1.165, 1.54) is 12.1 Å². The Morgan fingerprint density at radius 3 is 2.79 bits per heavy atom. The molecule has 1 unspecified atom stereocenters. The minimum atomic E-state index is -1.13. The number of hydrogen-bond donors (Lipinski definition) is 3. The number of nitrogens with zero attached hydrogens (tertiary/aromatic N) is 4. The maximum absolute atomic E-state index is 15.3. The second-order valence-corrected chi connectivity index (χ2v) is 14.7. The molecule has 1 aromatic heterocycles. The summed E-state index contributed by atoms with van der Waals surface area (Å²) in [7, 11) is 0. The van der Waals surface area contributed by atoms with Crippen LogP contribution in [0.15, 0.2) is 36.9 Å². The molecule has 0 saturated carbocycles. The molecule has 3 N–H and O–H groups in total. The van der Waals surface area contributed by atoms with Gasteiger partial charge in [-0.3, -0.25) is 9.69 Å². The SMILES string of the molecule is C#Cc1c(F)ccc2cc(O)cc(C3=Cc4nc(OC[C@]5([C@H](C)O)C[C@@H](F)CN5C5CCOCC5)nc(N5CCCCC(NC(=O)C=C)C5)c4CC3)c12. The molecule has 4 atom stereocenters. The summed E-state index contributed by atoms with van der Waals surface area (Å²) in [6.07, 6.45) is 12.2. The molecular weight excluding hydrogens is 680 g/mol. The lowest BCUT2D eigenvalue weighted by molar-refractivity contribution is -0.117. The third-order valence-corrected chi connectivity index (χ3v) is 11.4. The number of aromatic nitrogens is 2. The topological polar surface area (TPSA) is 120 Å². The van der Waals surface area contributed by atoms with Crippen LogP contribution in [-0.4, -0.2) is 100 Å². The number of rotatable bonds is 9. The Kier molecular flexibility index (Phi) is 10.7. The zero-order valence-electron chi connectivity index (χ0n) is 30.1. The van der Waals surface area contributed by atoms with E-state index in [9.17, 15) is 15.0 Å². The number of amides is 1. The number of terminal acetylenes is 1. The molecule has 1 amide bonds. The van der Waals surface area contributed by atoms with E-state index < -0.39 is 23.6 Å². The molecule has 1 aliphatic carbocycles. The van der Waals surface area contributed by atoms with E-state index in [2.05, 4.69) is 27.6 Å². The Balaban J connectivity index is 1.31. The Morgan fingerprint density at radius 2 is 2.04 bits per heavy atom. The number of allylic oxidation sites excluding steroid dienone is 1. The van der Waals surface area contributed by atoms with Crippen LogP contribution < -0.4 is 15.0 Å². The van der Waals surface area contributed by atoms with Crippen LogP contribution in [0, 0.1) is 18.2 Å². The number of phenols is 1. The number of fused-ring (bicyclic) bond motifs is 2. The fourth-order valence-electron chi connectivity index (χ4n) is 8.73. The molecule has 4 aliphatic rings. The first kappa shape index (κ1) is 36.8. The summed E-state index contributed by atoms with van der Waals surface area (Å²) in [4.78, 5) is 26.5. The third kappa shape index (κ3) is 7.35. The van der Waals surface area contributed by atoms with Crippen molar-refractivity contribution in [1.29, 1.82) is 0 Å². The van der Waals surface area contributed by atoms with Crippen LogP contribution in [-0.2, 0) is 16.0 Å². The fraction of sp³-hybridized carbons (Fsp3) is 0.488. The Morgan fingerprint density at radius 1 is 1.23 bits per heavy atom. The van der Waals surface area contributed by atoms with Crippen LogP contribution in [0.25, 0.3) is 22.4 Å². The number of alkyl halides is 1. The van der Waals surface area contributed by atoms with Crippen molar-refractivity contribution in [3.05, 3.63) is 65.1 Å². The van der Waals surface area contributed by atoms with Crippen LogP contribution in [0.3, 0.4) is 0 Å². The standard InChI is InChI=1S/C41H47F2N5O5/c1-4-32-35(43)12-10-27-18-31(50)20-34(38(27)32)26-9-11-33-36(19-26)45-40(46-39(33)47-15-7-6-8-29(23-47)44-37(51)5-2)53-24-41(25(3)49)21-28(42)22-48(41)30-13-16-52-17-14-30/h1,5,10,12,18-20,25,28-30,49-50H,2,6-9,11,13-17,21-24H2,3H3,(H,44,51)/t25-,28+,29?,41-/m0/s1. The lowest BCUT2D eigenvalue weighted by Crippen LogP contribution is -2.60. The summed E-state index contributed by atoms with van der Waals surface area (Å²) in [5.74, 6) is 2.45. The largest absolute Gasteiger partial charge is 0.508 e. The summed E-state index contributed by atoms with van der Waals surface area (Å²) in [5, 5.41) is 26.2. The molecule has 4 heterocycles. The van der Waals surface area contributed by atoms with Gasteiger partial charge < -0.3 is 29.9 Å². The van der Waals surface area contributed by atoms with Crippen molar-refractivity contribution >= 4 is 34.1 Å². The van der Waals surface area contributed by atoms with E-state index in [4.69, 9.17) is 25.9 Å². The van der Waals surface area contributed by atoms with E-state index in [1.807, 2.05) is 6.08 Å². The molecule has 3 fully saturated rings. The monoisotopic (exact) mass is 727 g/mol. The first-order valence-corrected chi connectivity index (χ1v) is 18.6. The zero-order valence-corrected chi connectivity index (χ0v) is 30.1. The average Bonchev–Trinajstić information content (AvgIpc) is 3.34. The third-order valence-electron chi connectivity index (χ3n) is 11.4. The maximum Gasteiger partial charge on any atom is 0.318 e. The summed E-state index contributed by atoms with van der Waals surface area (Å²) in [6.45, 7) is 7.83. The van der Waals surface area contributed by atoms with Gasteiger partial charge in [-0.2, -0.15) is 9.97 Å². The van der Waals surface area contributed by atoms with Gasteiger partial charge in [0.2, 0.25) is 5.91 Å². The number of aromatic hydroxyl groups is 1. The number of hydrogen-bond acceptors (Lipinski definition) is 9. The number of carbonyl (C=O) groups is 1. The molecule has 3 aliphatic heterocycles. The predicted molar refractivity (Wildman–Crippen MR) is 200 cm³/mol. The second kappa shape index (κ2) is 15.4. The highest BCUT2D eigenvalue weighted by atomic mass is 19.1. The van der Waals surface area contributed by atoms with E-state index in [0.717, 1.165) is 43.2 Å². The minimum Gasteiger partial charge on any atom is -0.508 e. The number of ether oxygens (including phenoxy) is 2. The van der Waals surface area contributed by atoms with Crippen LogP contribution in [0.1, 0.15) is 74.3 Å². The molecule has 53 heavy (non-hydrogen) atoms. The number of likely N-dealkylation sites (tertiary alicyclic amines) is 1. The maximum atomic E-state index is 15.3. The fourth-order valence-corrected chi connectivity index (χ4v) is 8.73. The van der Waals surface area contributed by atoms with Gasteiger partial charge in [0.05, 0.1) is 22.9 Å². The van der Waals surface area contributed by atoms with Crippen LogP contribution in [0.2, 0.25) is 0 Å². The summed E-state index contributed by atoms with van der Waals surface area (Å²) < 4.78 is 42.3. The van der Waals surface area contributed by atoms with Gasteiger partial charge in [-0.15, -0.1) is 6.42 Å². The average molecular weight is 728 g/mol. The number of anilines is 1. The molecule has 3 saturated heterocycles. The molecular formula is C41H47F2N5O5. The van der Waals surface area contributed by atoms with Gasteiger partial charge in [-0.1, -0.05) is 18.6 Å². The van der Waals surface area contributed by atoms with E-state index in [0.29, 0.717) is 67.0 Å². The highest BCUT2D eigenvalue weighted by molar-refractivity contribution is 6.02. The number of carbonyl (C=O) groups excluding carboxylic acids is 1. The van der Waals surface area contributed by atoms with Crippen molar-refractivity contribution in [1.82, 2.24) is 20.2 Å². The number of benzene rings is 2. The molecule has 3 aromatic rings. The van der Waals surface area contributed by atoms with Crippen molar-refractivity contribution in [2.45, 2.75) is 88.2 Å². The lowest BCUT2D eigenvalue weighted by Gasteiger charge is -2.45. The Labute approximate surface area is 308 Å². The molecule has 0 bridgehead atoms. The summed E-state index contributed by atoms with van der Waals surface area (Å²) in [6, 6.07) is 6.07. The van der Waals surface area contributed by atoms with Gasteiger partial charge in [0, 0.05) is 62.3 Å². The first-order chi connectivity index (χ1) is 25.6. The minimum absolute atomic E-state index is 0.0265. The molecule has 10 nitrogen and oxygen atoms in total. The molecule has 280 valence electrons. The molecule has 2 aromatic carbocycles. The van der Waals surface area contributed by atoms with E-state index in [1.54, 1.807) is 25.1 Å². The van der Waals surface area contributed by atoms with Gasteiger partial charge in [-0.25, -0.2) is 8.78 Å². The second-order valence-electron chi connectivity index (χ2n) is 14.7. The predicted octanol–water partition coefficient (Wildman–Crippen LogP) is 5.32. The van der Waals surface area contributed by atoms with E-state index >= 15 is 8.78 Å². The van der Waals surface area contributed by atoms with Crippen molar-refractivity contribution in [2.24, 2.45) is 0 Å². The summed E-state index contributed by atoms with van der Waals surface area (Å²) >= 11 is 0. The smallest absolute Gasteiger partial charge is 0.318 e. The van der Waals surface area contributed by atoms with Gasteiger partial charge in [0.1, 0.15) is 30.2 Å². The molecule has 12 heteroatoms. The highest BCUT2D eigenvalue weighted by Crippen LogP contribution is 2.42. The van der Waals surface area contributed by atoms with E-state index in [-0.39, 0.29) is 54.9 Å². The van der Waals surface area contributed by atoms with Gasteiger partial charge in [-0.05, 0) is 98.7 Å². The Bertz CT molecular complexity index is 1960. The van der Waals surface area contributed by atoms with Gasteiger partial charge in [0.25, 0.3) is 0 Å². The normalized spacial score (nSPS) is 24.5. The number of halogens is 2. The van der Waals surface area contributed by atoms with Gasteiger partial charge in [0.15, 0.2) is 0 Å². The number of nitrogens with one attached hydrogen (secondary N) is 1. The zero-order chi connectivity index (χ0) is 37.3. The Hall–Kier alpha value is -4.57. The summed E-state index contributed by atoms with van der Waals surface area (Å²) in [5.41, 5.74) is 2.03. The number of aliphatic hydroxyl groups excluding tert-OH is 1. The van der Waals surface area contributed by atoms with Crippen molar-refractivity contribution in [3.8, 4) is 24.1 Å². The molecule has 0 radical (unpaired) electrons. The van der Waals surface area contributed by atoms with Crippen LogP contribution in [0.4, 0.5) is 14.6 Å². The quantitative estimate of drug-likeness (QED) is 0.199. The van der Waals surface area contributed by atoms with Crippen LogP contribution in [0.5, 0.6) is 11.8 Å². The molecule has 0 spiro atoms.